The second-order valence-corrected chi connectivity index (χ2v) is 5.63. The Morgan fingerprint density at radius 3 is 2.48 bits per heavy atom. The number of hydrogen-bond donors (Lipinski definition) is 2. The fourth-order valence-corrected chi connectivity index (χ4v) is 2.34. The zero-order chi connectivity index (χ0) is 15.8. The van der Waals surface area contributed by atoms with Gasteiger partial charge < -0.3 is 11.1 Å². The Labute approximate surface area is 128 Å². The number of nitrogens with zero attached hydrogens (tertiary/aromatic N) is 1. The van der Waals surface area contributed by atoms with Crippen molar-refractivity contribution in [2.45, 2.75) is 40.5 Å². The van der Waals surface area contributed by atoms with Crippen molar-refractivity contribution in [1.29, 1.82) is 0 Å². The molecule has 0 spiro atoms. The van der Waals surface area contributed by atoms with Gasteiger partial charge in [-0.1, -0.05) is 39.7 Å². The minimum Gasteiger partial charge on any atom is -0.398 e. The first kappa shape index (κ1) is 17.5. The van der Waals surface area contributed by atoms with E-state index in [0.717, 1.165) is 37.2 Å². The maximum atomic E-state index is 12.1. The Kier molecular flexibility index (Phi) is 7.23. The van der Waals surface area contributed by atoms with E-state index in [0.29, 0.717) is 18.2 Å². The Morgan fingerprint density at radius 1 is 1.29 bits per heavy atom. The van der Waals surface area contributed by atoms with Crippen molar-refractivity contribution >= 4 is 17.3 Å². The Bertz CT molecular complexity index is 455. The van der Waals surface area contributed by atoms with E-state index in [4.69, 9.17) is 5.73 Å². The van der Waals surface area contributed by atoms with Gasteiger partial charge in [0.05, 0.1) is 6.54 Å². The molecule has 4 nitrogen and oxygen atoms in total. The van der Waals surface area contributed by atoms with Crippen molar-refractivity contribution < 1.29 is 4.79 Å². The number of likely N-dealkylation sites (N-methyl/N-ethyl adjacent to an activating group) is 1. The minimum atomic E-state index is 0.0195. The van der Waals surface area contributed by atoms with Crippen LogP contribution in [0.4, 0.5) is 11.4 Å². The zero-order valence-electron chi connectivity index (χ0n) is 13.8. The number of anilines is 2. The van der Waals surface area contributed by atoms with Crippen molar-refractivity contribution in [3.05, 3.63) is 23.8 Å². The van der Waals surface area contributed by atoms with Crippen LogP contribution in [0.5, 0.6) is 0 Å². The predicted octanol–water partition coefficient (Wildman–Crippen LogP) is 3.27. The summed E-state index contributed by atoms with van der Waals surface area (Å²) in [5.74, 6) is 0.679. The number of amides is 1. The van der Waals surface area contributed by atoms with E-state index >= 15 is 0 Å². The van der Waals surface area contributed by atoms with Crippen LogP contribution in [-0.2, 0) is 4.79 Å². The van der Waals surface area contributed by atoms with E-state index in [9.17, 15) is 4.79 Å². The number of carbonyl (C=O) groups is 1. The van der Waals surface area contributed by atoms with Gasteiger partial charge in [0.25, 0.3) is 0 Å². The minimum absolute atomic E-state index is 0.0195. The van der Waals surface area contributed by atoms with Crippen LogP contribution in [0.15, 0.2) is 18.2 Å². The maximum absolute atomic E-state index is 12.1. The maximum Gasteiger partial charge on any atom is 0.238 e. The largest absolute Gasteiger partial charge is 0.398 e. The van der Waals surface area contributed by atoms with Crippen LogP contribution in [0.25, 0.3) is 0 Å². The third-order valence-electron chi connectivity index (χ3n) is 4.05. The summed E-state index contributed by atoms with van der Waals surface area (Å²) < 4.78 is 0. The average molecular weight is 291 g/mol. The van der Waals surface area contributed by atoms with Gasteiger partial charge in [-0.25, -0.2) is 0 Å². The van der Waals surface area contributed by atoms with Crippen LogP contribution in [0.1, 0.15) is 39.2 Å². The van der Waals surface area contributed by atoms with E-state index in [1.54, 1.807) is 0 Å². The van der Waals surface area contributed by atoms with Gasteiger partial charge in [0.1, 0.15) is 0 Å². The molecule has 0 saturated heterocycles. The van der Waals surface area contributed by atoms with Crippen LogP contribution in [0, 0.1) is 12.8 Å². The number of nitrogen functional groups attached to an aromatic ring is 1. The lowest BCUT2D eigenvalue weighted by Crippen LogP contribution is -2.36. The Hall–Kier alpha value is -1.55. The van der Waals surface area contributed by atoms with Gasteiger partial charge in [-0.15, -0.1) is 0 Å². The average Bonchev–Trinajstić information content (AvgIpc) is 2.47. The van der Waals surface area contributed by atoms with Crippen LogP contribution >= 0.6 is 0 Å². The van der Waals surface area contributed by atoms with Gasteiger partial charge in [0.15, 0.2) is 0 Å². The van der Waals surface area contributed by atoms with Crippen LogP contribution in [-0.4, -0.2) is 30.4 Å². The molecule has 0 heterocycles. The highest BCUT2D eigenvalue weighted by molar-refractivity contribution is 5.92. The highest BCUT2D eigenvalue weighted by Crippen LogP contribution is 2.17. The van der Waals surface area contributed by atoms with E-state index in [2.05, 4.69) is 31.0 Å². The van der Waals surface area contributed by atoms with Gasteiger partial charge >= 0.3 is 0 Å². The van der Waals surface area contributed by atoms with Gasteiger partial charge in [0.2, 0.25) is 5.91 Å². The van der Waals surface area contributed by atoms with E-state index in [1.807, 2.05) is 25.1 Å². The lowest BCUT2D eigenvalue weighted by molar-refractivity contribution is -0.117. The molecule has 0 aliphatic rings. The standard InChI is InChI=1S/C17H29N3O/c1-5-14(6-2)11-20(7-3)12-17(21)19-15-9-8-13(4)16(18)10-15/h8-10,14H,5-7,11-12,18H2,1-4H3,(H,19,21). The summed E-state index contributed by atoms with van der Waals surface area (Å²) in [6.07, 6.45) is 2.31. The molecule has 0 unspecified atom stereocenters. The molecule has 21 heavy (non-hydrogen) atoms. The highest BCUT2D eigenvalue weighted by Gasteiger charge is 2.13. The van der Waals surface area contributed by atoms with Crippen molar-refractivity contribution in [3.63, 3.8) is 0 Å². The predicted molar refractivity (Wildman–Crippen MR) is 90.4 cm³/mol. The molecule has 0 bridgehead atoms. The topological polar surface area (TPSA) is 58.4 Å². The van der Waals surface area contributed by atoms with Crippen LogP contribution in [0.2, 0.25) is 0 Å². The lowest BCUT2D eigenvalue weighted by Gasteiger charge is -2.24. The summed E-state index contributed by atoms with van der Waals surface area (Å²) in [7, 11) is 0. The fourth-order valence-electron chi connectivity index (χ4n) is 2.34. The summed E-state index contributed by atoms with van der Waals surface area (Å²) in [6.45, 7) is 10.8. The third-order valence-corrected chi connectivity index (χ3v) is 4.05. The van der Waals surface area contributed by atoms with Crippen LogP contribution < -0.4 is 11.1 Å². The summed E-state index contributed by atoms with van der Waals surface area (Å²) in [4.78, 5) is 14.3. The van der Waals surface area contributed by atoms with Gasteiger partial charge in [-0.2, -0.15) is 0 Å². The third kappa shape index (κ3) is 5.76. The van der Waals surface area contributed by atoms with E-state index in [-0.39, 0.29) is 5.91 Å². The molecule has 0 aliphatic carbocycles. The van der Waals surface area contributed by atoms with E-state index in [1.165, 1.54) is 0 Å². The normalized spacial score (nSPS) is 11.1. The molecule has 1 rings (SSSR count). The molecule has 1 aromatic rings. The summed E-state index contributed by atoms with van der Waals surface area (Å²) in [5.41, 5.74) is 8.36. The fraction of sp³-hybridized carbons (Fsp3) is 0.588. The quantitative estimate of drug-likeness (QED) is 0.723. The second kappa shape index (κ2) is 8.67. The smallest absolute Gasteiger partial charge is 0.238 e. The first-order chi connectivity index (χ1) is 9.99. The lowest BCUT2D eigenvalue weighted by atomic mass is 10.0. The number of nitrogens with two attached hydrogens (primary N) is 1. The first-order valence-electron chi connectivity index (χ1n) is 7.88. The van der Waals surface area contributed by atoms with Gasteiger partial charge in [0, 0.05) is 17.9 Å². The molecular weight excluding hydrogens is 262 g/mol. The molecule has 3 N–H and O–H groups in total. The molecule has 118 valence electrons. The molecular formula is C17H29N3O. The molecule has 0 aliphatic heterocycles. The van der Waals surface area contributed by atoms with Crippen molar-refractivity contribution in [1.82, 2.24) is 4.90 Å². The molecule has 0 aromatic heterocycles. The molecule has 0 fully saturated rings. The first-order valence-corrected chi connectivity index (χ1v) is 7.88. The zero-order valence-corrected chi connectivity index (χ0v) is 13.8. The summed E-state index contributed by atoms with van der Waals surface area (Å²) in [6, 6.07) is 5.62. The number of rotatable bonds is 8. The Balaban J connectivity index is 2.56. The number of benzene rings is 1. The molecule has 0 radical (unpaired) electrons. The number of aryl methyl sites for hydroxylation is 1. The Morgan fingerprint density at radius 2 is 1.95 bits per heavy atom. The highest BCUT2D eigenvalue weighted by atomic mass is 16.2. The summed E-state index contributed by atoms with van der Waals surface area (Å²) >= 11 is 0. The molecule has 4 heteroatoms. The van der Waals surface area contributed by atoms with Gasteiger partial charge in [-0.3, -0.25) is 9.69 Å². The number of hydrogen-bond acceptors (Lipinski definition) is 3. The van der Waals surface area contributed by atoms with E-state index < -0.39 is 0 Å². The molecule has 1 amide bonds. The summed E-state index contributed by atoms with van der Waals surface area (Å²) in [5, 5.41) is 2.92. The van der Waals surface area contributed by atoms with Crippen molar-refractivity contribution in [2.75, 3.05) is 30.7 Å². The SMILES string of the molecule is CCC(CC)CN(CC)CC(=O)Nc1ccc(C)c(N)c1. The van der Waals surface area contributed by atoms with Crippen molar-refractivity contribution in [2.24, 2.45) is 5.92 Å². The van der Waals surface area contributed by atoms with Gasteiger partial charge in [-0.05, 0) is 37.1 Å². The number of nitrogens with one attached hydrogen (secondary N) is 1. The van der Waals surface area contributed by atoms with Crippen molar-refractivity contribution in [3.8, 4) is 0 Å². The molecule has 1 aromatic carbocycles. The molecule has 0 saturated carbocycles. The second-order valence-electron chi connectivity index (χ2n) is 5.63. The number of carbonyl (C=O) groups excluding carboxylic acids is 1. The van der Waals surface area contributed by atoms with Crippen LogP contribution in [0.3, 0.4) is 0 Å². The monoisotopic (exact) mass is 291 g/mol. The molecule has 0 atom stereocenters.